The zero-order valence-electron chi connectivity index (χ0n) is 13.2. The lowest BCUT2D eigenvalue weighted by Crippen LogP contribution is -2.48. The van der Waals surface area contributed by atoms with E-state index in [1.54, 1.807) is 17.2 Å². The molecule has 0 radical (unpaired) electrons. The number of rotatable bonds is 3. The van der Waals surface area contributed by atoms with Crippen LogP contribution >= 0.6 is 0 Å². The topological polar surface area (TPSA) is 79.4 Å². The van der Waals surface area contributed by atoms with Gasteiger partial charge in [-0.1, -0.05) is 0 Å². The highest BCUT2D eigenvalue weighted by atomic mass is 19.1. The molecule has 2 amide bonds. The number of halogens is 1. The summed E-state index contributed by atoms with van der Waals surface area (Å²) in [5.74, 6) is -0.330. The molecule has 0 atom stereocenters. The maximum absolute atomic E-state index is 13.2. The molecule has 1 aromatic carbocycles. The van der Waals surface area contributed by atoms with Gasteiger partial charge in [0, 0.05) is 38.4 Å². The highest BCUT2D eigenvalue weighted by Gasteiger charge is 2.33. The molecule has 5 rings (SSSR count). The Bertz CT molecular complexity index is 961. The molecule has 2 aromatic heterocycles. The second-order valence-corrected chi connectivity index (χ2v) is 6.23. The number of carbonyl (C=O) groups excluding carboxylic acids is 1. The highest BCUT2D eigenvalue weighted by molar-refractivity contribution is 5.93. The Morgan fingerprint density at radius 1 is 1.32 bits per heavy atom. The molecule has 0 saturated carbocycles. The Kier molecular flexibility index (Phi) is 2.97. The van der Waals surface area contributed by atoms with Crippen LogP contribution in [0.1, 0.15) is 6.04 Å². The second kappa shape index (κ2) is 5.20. The smallest absolute Gasteiger partial charge is 0.322 e. The molecule has 0 unspecified atom stereocenters. The standard InChI is InChI=1S/C16H15FN6O2/c17-10-1-2-14-13(5-10)20-16(25-14)21-7-12(8-21)23-9-11(6-19-23)22-4-3-18-15(22)24/h1-2,5-6,9,12H,3-4,7-8H2,(H,18,24). The summed E-state index contributed by atoms with van der Waals surface area (Å²) in [5, 5.41) is 7.14. The average Bonchev–Trinajstić information content (AvgIpc) is 3.24. The molecular weight excluding hydrogens is 327 g/mol. The monoisotopic (exact) mass is 342 g/mol. The quantitative estimate of drug-likeness (QED) is 0.784. The van der Waals surface area contributed by atoms with Crippen LogP contribution in [0.15, 0.2) is 35.0 Å². The van der Waals surface area contributed by atoms with Crippen molar-refractivity contribution in [1.29, 1.82) is 0 Å². The van der Waals surface area contributed by atoms with Gasteiger partial charge in [0.2, 0.25) is 0 Å². The normalized spacial score (nSPS) is 18.0. The molecule has 8 nitrogen and oxygen atoms in total. The van der Waals surface area contributed by atoms with Gasteiger partial charge in [-0.25, -0.2) is 9.18 Å². The number of fused-ring (bicyclic) bond motifs is 1. The van der Waals surface area contributed by atoms with Crippen molar-refractivity contribution in [3.63, 3.8) is 0 Å². The summed E-state index contributed by atoms with van der Waals surface area (Å²) in [7, 11) is 0. The van der Waals surface area contributed by atoms with E-state index in [2.05, 4.69) is 15.4 Å². The highest BCUT2D eigenvalue weighted by Crippen LogP contribution is 2.30. The lowest BCUT2D eigenvalue weighted by molar-refractivity contribution is 0.252. The number of urea groups is 1. The Morgan fingerprint density at radius 3 is 3.00 bits per heavy atom. The van der Waals surface area contributed by atoms with Crippen LogP contribution in [0.5, 0.6) is 0 Å². The Labute approximate surface area is 141 Å². The Morgan fingerprint density at radius 2 is 2.20 bits per heavy atom. The molecular formula is C16H15FN6O2. The van der Waals surface area contributed by atoms with Crippen molar-refractivity contribution in [1.82, 2.24) is 20.1 Å². The first kappa shape index (κ1) is 14.3. The van der Waals surface area contributed by atoms with Crippen LogP contribution in [0.2, 0.25) is 0 Å². The number of benzene rings is 1. The van der Waals surface area contributed by atoms with Gasteiger partial charge in [-0.3, -0.25) is 9.58 Å². The molecule has 9 heteroatoms. The molecule has 128 valence electrons. The lowest BCUT2D eigenvalue weighted by Gasteiger charge is -2.37. The summed E-state index contributed by atoms with van der Waals surface area (Å²) in [6, 6.07) is 4.89. The zero-order valence-corrected chi connectivity index (χ0v) is 13.2. The second-order valence-electron chi connectivity index (χ2n) is 6.23. The van der Waals surface area contributed by atoms with Crippen molar-refractivity contribution < 1.29 is 13.6 Å². The van der Waals surface area contributed by atoms with Crippen molar-refractivity contribution in [3.05, 3.63) is 36.4 Å². The van der Waals surface area contributed by atoms with Crippen LogP contribution < -0.4 is 15.1 Å². The number of oxazole rings is 1. The van der Waals surface area contributed by atoms with Crippen LogP contribution in [-0.4, -0.2) is 47.0 Å². The van der Waals surface area contributed by atoms with E-state index < -0.39 is 0 Å². The van der Waals surface area contributed by atoms with Gasteiger partial charge < -0.3 is 14.6 Å². The summed E-state index contributed by atoms with van der Waals surface area (Å²) in [4.78, 5) is 19.7. The third-order valence-corrected chi connectivity index (χ3v) is 4.60. The van der Waals surface area contributed by atoms with Gasteiger partial charge in [0.05, 0.1) is 17.9 Å². The first-order chi connectivity index (χ1) is 12.2. The SMILES string of the molecule is O=C1NCCN1c1cnn(C2CN(c3nc4cc(F)ccc4o3)C2)c1. The van der Waals surface area contributed by atoms with E-state index in [0.717, 1.165) is 5.69 Å². The number of anilines is 2. The van der Waals surface area contributed by atoms with Crippen molar-refractivity contribution in [2.45, 2.75) is 6.04 Å². The summed E-state index contributed by atoms with van der Waals surface area (Å²) >= 11 is 0. The van der Waals surface area contributed by atoms with Crippen LogP contribution in [0.4, 0.5) is 20.9 Å². The summed E-state index contributed by atoms with van der Waals surface area (Å²) in [5.41, 5.74) is 1.88. The fourth-order valence-corrected chi connectivity index (χ4v) is 3.19. The minimum atomic E-state index is -0.330. The summed E-state index contributed by atoms with van der Waals surface area (Å²) < 4.78 is 20.8. The number of carbonyl (C=O) groups is 1. The maximum Gasteiger partial charge on any atom is 0.322 e. The first-order valence-electron chi connectivity index (χ1n) is 8.08. The molecule has 3 aromatic rings. The van der Waals surface area contributed by atoms with Crippen molar-refractivity contribution in [2.24, 2.45) is 0 Å². The molecule has 25 heavy (non-hydrogen) atoms. The molecule has 0 aliphatic carbocycles. The zero-order chi connectivity index (χ0) is 17.0. The van der Waals surface area contributed by atoms with Crippen molar-refractivity contribution in [3.8, 4) is 0 Å². The molecule has 4 heterocycles. The Hall–Kier alpha value is -3.10. The third kappa shape index (κ3) is 2.31. The Balaban J connectivity index is 1.29. The van der Waals surface area contributed by atoms with E-state index in [0.29, 0.717) is 43.3 Å². The van der Waals surface area contributed by atoms with Gasteiger partial charge in [0.25, 0.3) is 6.01 Å². The van der Waals surface area contributed by atoms with Crippen LogP contribution in [0.25, 0.3) is 11.1 Å². The van der Waals surface area contributed by atoms with E-state index in [-0.39, 0.29) is 17.9 Å². The predicted octanol–water partition coefficient (Wildman–Crippen LogP) is 1.75. The first-order valence-corrected chi connectivity index (χ1v) is 8.08. The van der Waals surface area contributed by atoms with Gasteiger partial charge >= 0.3 is 6.03 Å². The fraction of sp³-hybridized carbons (Fsp3) is 0.312. The van der Waals surface area contributed by atoms with E-state index in [9.17, 15) is 9.18 Å². The number of amides is 2. The van der Waals surface area contributed by atoms with Gasteiger partial charge in [0.15, 0.2) is 5.58 Å². The number of hydrogen-bond donors (Lipinski definition) is 1. The summed E-state index contributed by atoms with van der Waals surface area (Å²) in [6.45, 7) is 2.70. The van der Waals surface area contributed by atoms with E-state index in [1.807, 2.05) is 15.8 Å². The van der Waals surface area contributed by atoms with E-state index >= 15 is 0 Å². The van der Waals surface area contributed by atoms with Crippen LogP contribution in [0.3, 0.4) is 0 Å². The number of nitrogens with zero attached hydrogens (tertiary/aromatic N) is 5. The minimum absolute atomic E-state index is 0.0894. The predicted molar refractivity (Wildman–Crippen MR) is 88.2 cm³/mol. The van der Waals surface area contributed by atoms with Gasteiger partial charge in [0.1, 0.15) is 11.3 Å². The lowest BCUT2D eigenvalue weighted by atomic mass is 10.1. The molecule has 2 fully saturated rings. The third-order valence-electron chi connectivity index (χ3n) is 4.60. The maximum atomic E-state index is 13.2. The van der Waals surface area contributed by atoms with Crippen molar-refractivity contribution in [2.75, 3.05) is 36.0 Å². The number of hydrogen-bond acceptors (Lipinski definition) is 5. The van der Waals surface area contributed by atoms with Crippen LogP contribution in [0, 0.1) is 5.82 Å². The summed E-state index contributed by atoms with van der Waals surface area (Å²) in [6.07, 6.45) is 3.59. The molecule has 2 aliphatic rings. The van der Waals surface area contributed by atoms with Gasteiger partial charge in [-0.2, -0.15) is 10.1 Å². The van der Waals surface area contributed by atoms with Gasteiger partial charge in [-0.15, -0.1) is 0 Å². The van der Waals surface area contributed by atoms with Crippen molar-refractivity contribution >= 4 is 28.8 Å². The fourth-order valence-electron chi connectivity index (χ4n) is 3.19. The van der Waals surface area contributed by atoms with Gasteiger partial charge in [-0.05, 0) is 12.1 Å². The number of aromatic nitrogens is 3. The molecule has 1 N–H and O–H groups in total. The minimum Gasteiger partial charge on any atom is -0.423 e. The molecule has 2 aliphatic heterocycles. The average molecular weight is 342 g/mol. The molecule has 0 spiro atoms. The molecule has 2 saturated heterocycles. The van der Waals surface area contributed by atoms with E-state index in [4.69, 9.17) is 4.42 Å². The largest absolute Gasteiger partial charge is 0.423 e. The number of nitrogens with one attached hydrogen (secondary N) is 1. The van der Waals surface area contributed by atoms with E-state index in [1.165, 1.54) is 12.1 Å². The van der Waals surface area contributed by atoms with Crippen LogP contribution in [-0.2, 0) is 0 Å². The molecule has 0 bridgehead atoms.